The van der Waals surface area contributed by atoms with Gasteiger partial charge in [0.1, 0.15) is 5.82 Å². The third-order valence-electron chi connectivity index (χ3n) is 3.29. The van der Waals surface area contributed by atoms with Gasteiger partial charge in [0.2, 0.25) is 6.10 Å². The van der Waals surface area contributed by atoms with Crippen molar-refractivity contribution >= 4 is 17.8 Å². The van der Waals surface area contributed by atoms with E-state index in [0.29, 0.717) is 5.69 Å². The molecule has 1 N–H and O–H groups in total. The van der Waals surface area contributed by atoms with Crippen molar-refractivity contribution < 1.29 is 14.0 Å². The molecule has 4 nitrogen and oxygen atoms in total. The van der Waals surface area contributed by atoms with Crippen LogP contribution in [0.5, 0.6) is 0 Å². The molecule has 23 heavy (non-hydrogen) atoms. The Bertz CT molecular complexity index is 666. The van der Waals surface area contributed by atoms with E-state index in [4.69, 9.17) is 4.84 Å². The molecule has 0 aromatic heterocycles. The molecule has 1 amide bonds. The van der Waals surface area contributed by atoms with Crippen molar-refractivity contribution in [2.24, 2.45) is 5.16 Å². The number of hydrogen-bond acceptors (Lipinski definition) is 3. The fourth-order valence-corrected chi connectivity index (χ4v) is 1.85. The maximum Gasteiger partial charge on any atom is 0.267 e. The van der Waals surface area contributed by atoms with E-state index in [1.807, 2.05) is 24.3 Å². The molecule has 0 aliphatic heterocycles. The van der Waals surface area contributed by atoms with Crippen LogP contribution in [0.25, 0.3) is 0 Å². The molecule has 5 heteroatoms. The lowest BCUT2D eigenvalue weighted by Gasteiger charge is -2.10. The van der Waals surface area contributed by atoms with E-state index in [2.05, 4.69) is 17.4 Å². The summed E-state index contributed by atoms with van der Waals surface area (Å²) in [5.74, 6) is -0.707. The fourth-order valence-electron chi connectivity index (χ4n) is 1.85. The number of rotatable bonds is 6. The Morgan fingerprint density at radius 3 is 2.48 bits per heavy atom. The molecule has 0 radical (unpaired) electrons. The summed E-state index contributed by atoms with van der Waals surface area (Å²) in [4.78, 5) is 17.1. The molecule has 0 saturated heterocycles. The zero-order chi connectivity index (χ0) is 16.7. The molecule has 2 rings (SSSR count). The molecule has 0 heterocycles. The SMILES string of the molecule is CCc1ccc(/C=N\O[C@@H](C)C(=O)Nc2ccc(F)cc2)cc1. The minimum Gasteiger partial charge on any atom is -0.383 e. The Kier molecular flexibility index (Phi) is 5.86. The number of anilines is 1. The van der Waals surface area contributed by atoms with Gasteiger partial charge in [0.05, 0.1) is 6.21 Å². The fraction of sp³-hybridized carbons (Fsp3) is 0.222. The van der Waals surface area contributed by atoms with E-state index in [9.17, 15) is 9.18 Å². The van der Waals surface area contributed by atoms with E-state index < -0.39 is 6.10 Å². The van der Waals surface area contributed by atoms with E-state index in [1.165, 1.54) is 29.8 Å². The van der Waals surface area contributed by atoms with Gasteiger partial charge in [-0.15, -0.1) is 0 Å². The molecule has 0 aliphatic rings. The van der Waals surface area contributed by atoms with Crippen LogP contribution in [0, 0.1) is 5.82 Å². The zero-order valence-corrected chi connectivity index (χ0v) is 13.1. The van der Waals surface area contributed by atoms with Gasteiger partial charge in [-0.3, -0.25) is 4.79 Å². The number of amides is 1. The minimum atomic E-state index is -0.758. The average Bonchev–Trinajstić information content (AvgIpc) is 2.57. The predicted octanol–water partition coefficient (Wildman–Crippen LogP) is 3.77. The van der Waals surface area contributed by atoms with Gasteiger partial charge in [-0.25, -0.2) is 4.39 Å². The highest BCUT2D eigenvalue weighted by Crippen LogP contribution is 2.09. The second-order valence-corrected chi connectivity index (χ2v) is 5.07. The Morgan fingerprint density at radius 2 is 1.87 bits per heavy atom. The van der Waals surface area contributed by atoms with Gasteiger partial charge in [0.25, 0.3) is 5.91 Å². The first-order valence-electron chi connectivity index (χ1n) is 7.43. The van der Waals surface area contributed by atoms with E-state index >= 15 is 0 Å². The summed E-state index contributed by atoms with van der Waals surface area (Å²) in [6.07, 6.45) is 1.78. The quantitative estimate of drug-likeness (QED) is 0.652. The van der Waals surface area contributed by atoms with Gasteiger partial charge < -0.3 is 10.2 Å². The molecule has 1 atom stereocenters. The molecule has 0 bridgehead atoms. The Balaban J connectivity index is 1.85. The summed E-state index contributed by atoms with van der Waals surface area (Å²) in [7, 11) is 0. The molecule has 0 spiro atoms. The molecular formula is C18H19FN2O2. The molecular weight excluding hydrogens is 295 g/mol. The first-order chi connectivity index (χ1) is 11.1. The van der Waals surface area contributed by atoms with Crippen molar-refractivity contribution in [3.63, 3.8) is 0 Å². The van der Waals surface area contributed by atoms with Crippen LogP contribution in [0.1, 0.15) is 25.0 Å². The standard InChI is InChI=1S/C18H19FN2O2/c1-3-14-4-6-15(7-5-14)12-20-23-13(2)18(22)21-17-10-8-16(19)9-11-17/h4-13H,3H2,1-2H3,(H,21,22)/b20-12-/t13-/m0/s1. The van der Waals surface area contributed by atoms with Crippen LogP contribution in [0.3, 0.4) is 0 Å². The lowest BCUT2D eigenvalue weighted by Crippen LogP contribution is -2.26. The summed E-state index contributed by atoms with van der Waals surface area (Å²) in [6.45, 7) is 3.68. The number of aryl methyl sites for hydroxylation is 1. The maximum absolute atomic E-state index is 12.8. The highest BCUT2D eigenvalue weighted by Gasteiger charge is 2.14. The van der Waals surface area contributed by atoms with Crippen LogP contribution < -0.4 is 5.32 Å². The first-order valence-corrected chi connectivity index (χ1v) is 7.43. The van der Waals surface area contributed by atoms with Crippen molar-refractivity contribution in [2.75, 3.05) is 5.32 Å². The number of benzene rings is 2. The lowest BCUT2D eigenvalue weighted by atomic mass is 10.1. The normalized spacial score (nSPS) is 12.1. The third-order valence-corrected chi connectivity index (χ3v) is 3.29. The highest BCUT2D eigenvalue weighted by atomic mass is 19.1. The first kappa shape index (κ1) is 16.7. The van der Waals surface area contributed by atoms with Crippen molar-refractivity contribution in [2.45, 2.75) is 26.4 Å². The van der Waals surface area contributed by atoms with Crippen LogP contribution in [0.15, 0.2) is 53.7 Å². The molecule has 120 valence electrons. The average molecular weight is 314 g/mol. The summed E-state index contributed by atoms with van der Waals surface area (Å²) >= 11 is 0. The van der Waals surface area contributed by atoms with Crippen LogP contribution >= 0.6 is 0 Å². The Labute approximate surface area is 135 Å². The van der Waals surface area contributed by atoms with Crippen LogP contribution in [-0.4, -0.2) is 18.2 Å². The monoisotopic (exact) mass is 314 g/mol. The molecule has 0 saturated carbocycles. The largest absolute Gasteiger partial charge is 0.383 e. The molecule has 2 aromatic rings. The molecule has 0 fully saturated rings. The van der Waals surface area contributed by atoms with Gasteiger partial charge >= 0.3 is 0 Å². The van der Waals surface area contributed by atoms with Gasteiger partial charge in [0.15, 0.2) is 0 Å². The highest BCUT2D eigenvalue weighted by molar-refractivity contribution is 5.93. The minimum absolute atomic E-state index is 0.352. The van der Waals surface area contributed by atoms with Gasteiger partial charge in [-0.1, -0.05) is 36.3 Å². The van der Waals surface area contributed by atoms with E-state index in [0.717, 1.165) is 12.0 Å². The topological polar surface area (TPSA) is 50.7 Å². The number of carbonyl (C=O) groups is 1. The number of nitrogens with one attached hydrogen (secondary N) is 1. The number of nitrogens with zero attached hydrogens (tertiary/aromatic N) is 1. The van der Waals surface area contributed by atoms with Crippen LogP contribution in [0.2, 0.25) is 0 Å². The van der Waals surface area contributed by atoms with Crippen molar-refractivity contribution in [3.05, 3.63) is 65.5 Å². The maximum atomic E-state index is 12.8. The summed E-state index contributed by atoms with van der Waals surface area (Å²) in [5, 5.41) is 6.46. The van der Waals surface area contributed by atoms with Crippen molar-refractivity contribution in [1.29, 1.82) is 0 Å². The smallest absolute Gasteiger partial charge is 0.267 e. The van der Waals surface area contributed by atoms with Gasteiger partial charge in [-0.2, -0.15) is 0 Å². The predicted molar refractivity (Wildman–Crippen MR) is 89.0 cm³/mol. The van der Waals surface area contributed by atoms with Crippen molar-refractivity contribution in [1.82, 2.24) is 0 Å². The second-order valence-electron chi connectivity index (χ2n) is 5.07. The molecule has 0 aliphatic carbocycles. The van der Waals surface area contributed by atoms with E-state index in [-0.39, 0.29) is 11.7 Å². The number of hydrogen-bond donors (Lipinski definition) is 1. The summed E-state index contributed by atoms with van der Waals surface area (Å²) in [6, 6.07) is 13.4. The number of oxime groups is 1. The zero-order valence-electron chi connectivity index (χ0n) is 13.1. The van der Waals surface area contributed by atoms with Crippen molar-refractivity contribution in [3.8, 4) is 0 Å². The molecule has 0 unspecified atom stereocenters. The summed E-state index contributed by atoms with van der Waals surface area (Å²) < 4.78 is 12.8. The van der Waals surface area contributed by atoms with Gasteiger partial charge in [0, 0.05) is 5.69 Å². The molecule has 2 aromatic carbocycles. The second kappa shape index (κ2) is 8.08. The van der Waals surface area contributed by atoms with E-state index in [1.54, 1.807) is 13.1 Å². The Morgan fingerprint density at radius 1 is 1.22 bits per heavy atom. The lowest BCUT2D eigenvalue weighted by molar-refractivity contribution is -0.126. The van der Waals surface area contributed by atoms with Crippen LogP contribution in [-0.2, 0) is 16.1 Å². The van der Waals surface area contributed by atoms with Gasteiger partial charge in [-0.05, 0) is 48.7 Å². The summed E-state index contributed by atoms with van der Waals surface area (Å²) in [5.41, 5.74) is 2.65. The Hall–Kier alpha value is -2.69. The number of halogens is 1. The number of carbonyl (C=O) groups excluding carboxylic acids is 1. The van der Waals surface area contributed by atoms with Crippen LogP contribution in [0.4, 0.5) is 10.1 Å². The third kappa shape index (κ3) is 5.21.